The molecule has 9 nitrogen and oxygen atoms in total. The maximum absolute atomic E-state index is 12.0. The SMILES string of the molecule is Cc1ccc([N+](=O)[O-])cc1NC(=O)CS(=O)Cc1ccc(C(=O)O)o1. The molecule has 0 aliphatic rings. The zero-order valence-corrected chi connectivity index (χ0v) is 13.9. The summed E-state index contributed by atoms with van der Waals surface area (Å²) in [4.78, 5) is 32.9. The molecule has 0 bridgehead atoms. The summed E-state index contributed by atoms with van der Waals surface area (Å²) in [6, 6.07) is 6.66. The molecule has 1 heterocycles. The highest BCUT2D eigenvalue weighted by Crippen LogP contribution is 2.21. The average molecular weight is 366 g/mol. The number of nitrogens with zero attached hydrogens (tertiary/aromatic N) is 1. The van der Waals surface area contributed by atoms with Crippen molar-refractivity contribution in [3.05, 3.63) is 57.5 Å². The Kier molecular flexibility index (Phi) is 5.65. The lowest BCUT2D eigenvalue weighted by atomic mass is 10.2. The van der Waals surface area contributed by atoms with Crippen molar-refractivity contribution in [2.24, 2.45) is 0 Å². The van der Waals surface area contributed by atoms with Crippen LogP contribution in [0.25, 0.3) is 0 Å². The van der Waals surface area contributed by atoms with E-state index in [1.54, 1.807) is 6.92 Å². The summed E-state index contributed by atoms with van der Waals surface area (Å²) in [6.45, 7) is 1.67. The second kappa shape index (κ2) is 7.71. The Morgan fingerprint density at radius 3 is 2.64 bits per heavy atom. The molecule has 1 aromatic carbocycles. The van der Waals surface area contributed by atoms with Crippen molar-refractivity contribution in [2.45, 2.75) is 12.7 Å². The van der Waals surface area contributed by atoms with Crippen molar-refractivity contribution in [2.75, 3.05) is 11.1 Å². The summed E-state index contributed by atoms with van der Waals surface area (Å²) >= 11 is 0. The van der Waals surface area contributed by atoms with E-state index in [-0.39, 0.29) is 34.4 Å². The zero-order chi connectivity index (χ0) is 18.6. The van der Waals surface area contributed by atoms with Crippen LogP contribution in [0.5, 0.6) is 0 Å². The van der Waals surface area contributed by atoms with Gasteiger partial charge < -0.3 is 14.8 Å². The number of furan rings is 1. The number of nitro groups is 1. The molecule has 10 heteroatoms. The molecule has 0 aliphatic heterocycles. The molecule has 2 N–H and O–H groups in total. The summed E-state index contributed by atoms with van der Waals surface area (Å²) in [6.07, 6.45) is 0. The Morgan fingerprint density at radius 2 is 2.04 bits per heavy atom. The van der Waals surface area contributed by atoms with Crippen LogP contribution in [-0.4, -0.2) is 31.9 Å². The zero-order valence-electron chi connectivity index (χ0n) is 13.1. The fourth-order valence-corrected chi connectivity index (χ4v) is 2.91. The van der Waals surface area contributed by atoms with Crippen LogP contribution in [0.2, 0.25) is 0 Å². The van der Waals surface area contributed by atoms with Gasteiger partial charge in [-0.1, -0.05) is 6.07 Å². The lowest BCUT2D eigenvalue weighted by Gasteiger charge is -2.08. The topological polar surface area (TPSA) is 140 Å². The molecule has 0 aliphatic carbocycles. The van der Waals surface area contributed by atoms with Crippen LogP contribution < -0.4 is 5.32 Å². The maximum Gasteiger partial charge on any atom is 0.371 e. The number of carbonyl (C=O) groups excluding carboxylic acids is 1. The Morgan fingerprint density at radius 1 is 1.32 bits per heavy atom. The van der Waals surface area contributed by atoms with Gasteiger partial charge in [-0.05, 0) is 24.6 Å². The van der Waals surface area contributed by atoms with Crippen LogP contribution in [0, 0.1) is 17.0 Å². The van der Waals surface area contributed by atoms with Gasteiger partial charge in [0.05, 0.1) is 16.4 Å². The maximum atomic E-state index is 12.0. The van der Waals surface area contributed by atoms with Gasteiger partial charge in [0.2, 0.25) is 11.7 Å². The Balaban J connectivity index is 1.97. The highest BCUT2D eigenvalue weighted by Gasteiger charge is 2.15. The molecule has 0 radical (unpaired) electrons. The van der Waals surface area contributed by atoms with Crippen LogP contribution >= 0.6 is 0 Å². The van der Waals surface area contributed by atoms with Crippen molar-refractivity contribution in [3.63, 3.8) is 0 Å². The van der Waals surface area contributed by atoms with E-state index in [9.17, 15) is 23.9 Å². The number of carbonyl (C=O) groups is 2. The molecule has 132 valence electrons. The van der Waals surface area contributed by atoms with Crippen molar-refractivity contribution in [1.82, 2.24) is 0 Å². The molecule has 0 fully saturated rings. The number of carboxylic acids is 1. The van der Waals surface area contributed by atoms with E-state index in [1.165, 1.54) is 30.3 Å². The Labute approximate surface area is 144 Å². The van der Waals surface area contributed by atoms with Gasteiger partial charge in [0.25, 0.3) is 5.69 Å². The van der Waals surface area contributed by atoms with E-state index >= 15 is 0 Å². The van der Waals surface area contributed by atoms with Gasteiger partial charge in [-0.2, -0.15) is 0 Å². The number of hydrogen-bond acceptors (Lipinski definition) is 6. The van der Waals surface area contributed by atoms with Crippen LogP contribution in [0.4, 0.5) is 11.4 Å². The largest absolute Gasteiger partial charge is 0.475 e. The number of non-ortho nitro benzene ring substituents is 1. The van der Waals surface area contributed by atoms with Crippen molar-refractivity contribution in [1.29, 1.82) is 0 Å². The number of nitrogens with one attached hydrogen (secondary N) is 1. The molecular formula is C15H14N2O7S. The average Bonchev–Trinajstić information content (AvgIpc) is 2.97. The standard InChI is InChI=1S/C15H14N2O7S/c1-9-2-3-10(17(21)22)6-12(9)16-14(18)8-25(23)7-11-4-5-13(24-11)15(19)20/h2-6H,7-8H2,1H3,(H,16,18)(H,19,20). The molecule has 0 saturated heterocycles. The number of rotatable bonds is 7. The minimum absolute atomic E-state index is 0.116. The smallest absolute Gasteiger partial charge is 0.371 e. The molecule has 1 aromatic heterocycles. The van der Waals surface area contributed by atoms with Crippen LogP contribution in [0.1, 0.15) is 21.9 Å². The van der Waals surface area contributed by atoms with Crippen molar-refractivity contribution < 1.29 is 28.2 Å². The van der Waals surface area contributed by atoms with Crippen molar-refractivity contribution >= 4 is 34.1 Å². The predicted octanol–water partition coefficient (Wildman–Crippen LogP) is 2.08. The monoisotopic (exact) mass is 366 g/mol. The van der Waals surface area contributed by atoms with E-state index in [2.05, 4.69) is 5.32 Å². The first-order valence-corrected chi connectivity index (χ1v) is 8.47. The van der Waals surface area contributed by atoms with E-state index in [1.807, 2.05) is 0 Å². The third kappa shape index (κ3) is 4.98. The van der Waals surface area contributed by atoms with E-state index in [4.69, 9.17) is 9.52 Å². The molecule has 0 spiro atoms. The molecule has 2 aromatic rings. The first-order chi connectivity index (χ1) is 11.8. The van der Waals surface area contributed by atoms with Gasteiger partial charge in [-0.3, -0.25) is 19.1 Å². The number of hydrogen-bond donors (Lipinski definition) is 2. The van der Waals surface area contributed by atoms with Crippen LogP contribution in [0.15, 0.2) is 34.7 Å². The summed E-state index contributed by atoms with van der Waals surface area (Å²) in [5.74, 6) is -2.37. The number of aryl methyl sites for hydroxylation is 1. The lowest BCUT2D eigenvalue weighted by Crippen LogP contribution is -2.20. The Bertz CT molecular complexity index is 859. The third-order valence-electron chi connectivity index (χ3n) is 3.17. The minimum atomic E-state index is -1.63. The number of aromatic carboxylic acids is 1. The van der Waals surface area contributed by atoms with Gasteiger partial charge in [-0.15, -0.1) is 0 Å². The number of carboxylic acid groups (broad SMARTS) is 1. The number of nitro benzene ring substituents is 1. The highest BCUT2D eigenvalue weighted by molar-refractivity contribution is 7.84. The van der Waals surface area contributed by atoms with E-state index in [0.717, 1.165) is 0 Å². The van der Waals surface area contributed by atoms with Crippen LogP contribution in [-0.2, 0) is 21.3 Å². The first-order valence-electron chi connectivity index (χ1n) is 6.98. The van der Waals surface area contributed by atoms with E-state index < -0.39 is 27.6 Å². The van der Waals surface area contributed by atoms with Gasteiger partial charge in [0.15, 0.2) is 0 Å². The quantitative estimate of drug-likeness (QED) is 0.564. The fourth-order valence-electron chi connectivity index (χ4n) is 1.97. The molecule has 1 unspecified atom stereocenters. The fraction of sp³-hybridized carbons (Fsp3) is 0.200. The second-order valence-electron chi connectivity index (χ2n) is 5.10. The predicted molar refractivity (Wildman–Crippen MR) is 88.8 cm³/mol. The second-order valence-corrected chi connectivity index (χ2v) is 6.56. The van der Waals surface area contributed by atoms with Gasteiger partial charge in [-0.25, -0.2) is 4.79 Å². The van der Waals surface area contributed by atoms with Crippen LogP contribution in [0.3, 0.4) is 0 Å². The molecule has 0 saturated carbocycles. The molecule has 1 atom stereocenters. The number of anilines is 1. The van der Waals surface area contributed by atoms with Gasteiger partial charge in [0, 0.05) is 22.9 Å². The summed E-state index contributed by atoms with van der Waals surface area (Å²) in [5, 5.41) is 22.0. The number of benzene rings is 1. The molecule has 25 heavy (non-hydrogen) atoms. The lowest BCUT2D eigenvalue weighted by molar-refractivity contribution is -0.384. The summed E-state index contributed by atoms with van der Waals surface area (Å²) in [7, 11) is -1.63. The number of amides is 1. The minimum Gasteiger partial charge on any atom is -0.475 e. The first kappa shape index (κ1) is 18.3. The van der Waals surface area contributed by atoms with Gasteiger partial charge >= 0.3 is 5.97 Å². The van der Waals surface area contributed by atoms with E-state index in [0.29, 0.717) is 5.56 Å². The normalized spacial score (nSPS) is 11.7. The summed E-state index contributed by atoms with van der Waals surface area (Å²) < 4.78 is 17.0. The Hall–Kier alpha value is -3.01. The van der Waals surface area contributed by atoms with Gasteiger partial charge in [0.1, 0.15) is 11.5 Å². The molecule has 2 rings (SSSR count). The summed E-state index contributed by atoms with van der Waals surface area (Å²) in [5.41, 5.74) is 0.725. The molecule has 1 amide bonds. The molecular weight excluding hydrogens is 352 g/mol. The highest BCUT2D eigenvalue weighted by atomic mass is 32.2. The van der Waals surface area contributed by atoms with Crippen molar-refractivity contribution in [3.8, 4) is 0 Å². The third-order valence-corrected chi connectivity index (χ3v) is 4.36.